The third kappa shape index (κ3) is 3.69. The fraction of sp³-hybridized carbons (Fsp3) is 0.423. The van der Waals surface area contributed by atoms with Crippen LogP contribution in [0.3, 0.4) is 0 Å². The predicted octanol–water partition coefficient (Wildman–Crippen LogP) is 5.46. The van der Waals surface area contributed by atoms with Crippen molar-refractivity contribution in [2.24, 2.45) is 5.41 Å². The van der Waals surface area contributed by atoms with Gasteiger partial charge < -0.3 is 14.4 Å². The number of hydrogen-bond donors (Lipinski definition) is 2. The Hall–Kier alpha value is -3.33. The maximum atomic E-state index is 14.4. The molecule has 0 radical (unpaired) electrons. The van der Waals surface area contributed by atoms with Gasteiger partial charge in [0, 0.05) is 40.9 Å². The first-order chi connectivity index (χ1) is 16.6. The van der Waals surface area contributed by atoms with Crippen LogP contribution < -0.4 is 0 Å². The van der Waals surface area contributed by atoms with Crippen LogP contribution in [0.15, 0.2) is 30.5 Å². The summed E-state index contributed by atoms with van der Waals surface area (Å²) in [5.74, 6) is -2.76. The van der Waals surface area contributed by atoms with Gasteiger partial charge >= 0.3 is 5.97 Å². The number of aliphatic carboxylic acids is 1. The number of carboxylic acid groups (broad SMARTS) is 1. The summed E-state index contributed by atoms with van der Waals surface area (Å²) in [4.78, 5) is 17.0. The van der Waals surface area contributed by atoms with Gasteiger partial charge in [0.15, 0.2) is 17.3 Å². The van der Waals surface area contributed by atoms with Crippen LogP contribution in [0.1, 0.15) is 57.2 Å². The minimum absolute atomic E-state index is 0.0795. The largest absolute Gasteiger partial charge is 0.481 e. The molecule has 3 heterocycles. The van der Waals surface area contributed by atoms with E-state index in [4.69, 9.17) is 9.72 Å². The number of carbonyl (C=O) groups is 1. The van der Waals surface area contributed by atoms with Crippen LogP contribution in [0.4, 0.5) is 8.78 Å². The molecule has 1 saturated carbocycles. The molecule has 1 aliphatic rings. The summed E-state index contributed by atoms with van der Waals surface area (Å²) in [5.41, 5.74) is 2.87. The average molecular weight is 483 g/mol. The molecule has 184 valence electrons. The second-order valence-electron chi connectivity index (χ2n) is 10.5. The molecular weight excluding hydrogens is 454 g/mol. The number of aromatic amines is 1. The Morgan fingerprint density at radius 3 is 2.74 bits per heavy atom. The van der Waals surface area contributed by atoms with Crippen molar-refractivity contribution in [3.63, 3.8) is 0 Å². The van der Waals surface area contributed by atoms with E-state index < -0.39 is 28.4 Å². The molecule has 3 aromatic heterocycles. The Morgan fingerprint density at radius 1 is 1.31 bits per heavy atom. The number of H-pyrrole nitrogens is 1. The predicted molar refractivity (Wildman–Crippen MR) is 128 cm³/mol. The zero-order valence-electron chi connectivity index (χ0n) is 20.2. The van der Waals surface area contributed by atoms with Crippen molar-refractivity contribution in [3.8, 4) is 5.69 Å². The molecule has 1 aromatic carbocycles. The molecule has 7 nitrogen and oxygen atoms in total. The van der Waals surface area contributed by atoms with Crippen LogP contribution in [0.25, 0.3) is 27.8 Å². The number of aromatic nitrogens is 4. The van der Waals surface area contributed by atoms with Gasteiger partial charge in [0.1, 0.15) is 0 Å². The van der Waals surface area contributed by atoms with Gasteiger partial charge in [0.25, 0.3) is 0 Å². The molecule has 0 bridgehead atoms. The molecule has 0 spiro atoms. The lowest BCUT2D eigenvalue weighted by Gasteiger charge is -2.29. The number of carboxylic acids is 1. The fourth-order valence-corrected chi connectivity index (χ4v) is 5.65. The topological polar surface area (TPSA) is 93.0 Å². The molecule has 4 aromatic rings. The number of halogens is 2. The lowest BCUT2D eigenvalue weighted by molar-refractivity contribution is -0.147. The first-order valence-corrected chi connectivity index (χ1v) is 11.6. The minimum atomic E-state index is -0.946. The van der Waals surface area contributed by atoms with Gasteiger partial charge in [0.05, 0.1) is 29.3 Å². The smallest absolute Gasteiger partial charge is 0.309 e. The monoisotopic (exact) mass is 482 g/mol. The van der Waals surface area contributed by atoms with Crippen LogP contribution >= 0.6 is 0 Å². The van der Waals surface area contributed by atoms with Crippen molar-refractivity contribution in [3.05, 3.63) is 53.4 Å². The Morgan fingerprint density at radius 2 is 2.09 bits per heavy atom. The van der Waals surface area contributed by atoms with E-state index in [9.17, 15) is 18.7 Å². The maximum Gasteiger partial charge on any atom is 0.309 e. The van der Waals surface area contributed by atoms with Gasteiger partial charge in [-0.05, 0) is 50.3 Å². The van der Waals surface area contributed by atoms with Crippen molar-refractivity contribution in [2.75, 3.05) is 13.7 Å². The van der Waals surface area contributed by atoms with E-state index in [1.165, 1.54) is 6.07 Å². The van der Waals surface area contributed by atoms with E-state index in [1.807, 2.05) is 24.5 Å². The van der Waals surface area contributed by atoms with Crippen molar-refractivity contribution < 1.29 is 23.4 Å². The standard InChI is InChI=1S/C26H28F2N4O3/c1-25(2,13-35-4)22-20(14-7-8-26(3,11-14)24(33)34)21-19(9-15-12-29-31-23(15)30-21)32(22)16-5-6-17(27)18(28)10-16/h5-6,9-10,12,14H,7-8,11,13H2,1-4H3,(H,33,34)(H,29,30,31)/t14?,26-/m1/s1. The molecule has 1 fully saturated rings. The van der Waals surface area contributed by atoms with E-state index in [2.05, 4.69) is 10.2 Å². The summed E-state index contributed by atoms with van der Waals surface area (Å²) in [6, 6.07) is 5.78. The SMILES string of the molecule is COCC(C)(C)c1c(C2CC[C@@](C)(C(=O)O)C2)c2nc3[nH]ncc3cc2n1-c1ccc(F)c(F)c1. The highest BCUT2D eigenvalue weighted by atomic mass is 19.2. The van der Waals surface area contributed by atoms with Crippen LogP contribution in [0.5, 0.6) is 0 Å². The highest BCUT2D eigenvalue weighted by Gasteiger charge is 2.45. The summed E-state index contributed by atoms with van der Waals surface area (Å²) in [6.07, 6.45) is 3.35. The highest BCUT2D eigenvalue weighted by Crippen LogP contribution is 2.51. The minimum Gasteiger partial charge on any atom is -0.481 e. The molecular formula is C26H28F2N4O3. The summed E-state index contributed by atoms with van der Waals surface area (Å²) in [6.45, 7) is 6.21. The van der Waals surface area contributed by atoms with E-state index in [0.717, 1.165) is 28.2 Å². The Balaban J connectivity index is 1.88. The molecule has 2 atom stereocenters. The lowest BCUT2D eigenvalue weighted by atomic mass is 9.81. The number of benzene rings is 1. The number of methoxy groups -OCH3 is 1. The number of ether oxygens (including phenoxy) is 1. The zero-order valence-corrected chi connectivity index (χ0v) is 20.2. The number of pyridine rings is 1. The summed E-state index contributed by atoms with van der Waals surface area (Å²) >= 11 is 0. The van der Waals surface area contributed by atoms with Crippen LogP contribution in [-0.4, -0.2) is 44.5 Å². The van der Waals surface area contributed by atoms with Crippen molar-refractivity contribution in [1.29, 1.82) is 0 Å². The molecule has 2 N–H and O–H groups in total. The van der Waals surface area contributed by atoms with Gasteiger partial charge in [-0.1, -0.05) is 13.8 Å². The third-order valence-corrected chi connectivity index (χ3v) is 7.35. The summed E-state index contributed by atoms with van der Waals surface area (Å²) < 4.78 is 35.8. The molecule has 9 heteroatoms. The number of fused-ring (bicyclic) bond motifs is 2. The van der Waals surface area contributed by atoms with Gasteiger partial charge in [-0.25, -0.2) is 13.8 Å². The van der Waals surface area contributed by atoms with Crippen molar-refractivity contribution in [2.45, 2.75) is 51.4 Å². The normalized spacial score (nSPS) is 20.8. The number of nitrogens with one attached hydrogen (secondary N) is 1. The molecule has 0 amide bonds. The second-order valence-corrected chi connectivity index (χ2v) is 10.5. The number of hydrogen-bond acceptors (Lipinski definition) is 4. The van der Waals surface area contributed by atoms with Crippen LogP contribution in [0, 0.1) is 17.0 Å². The van der Waals surface area contributed by atoms with Crippen molar-refractivity contribution in [1.82, 2.24) is 19.7 Å². The summed E-state index contributed by atoms with van der Waals surface area (Å²) in [5, 5.41) is 17.7. The Labute approximate surface area is 201 Å². The summed E-state index contributed by atoms with van der Waals surface area (Å²) in [7, 11) is 1.62. The van der Waals surface area contributed by atoms with Crippen LogP contribution in [0.2, 0.25) is 0 Å². The molecule has 35 heavy (non-hydrogen) atoms. The van der Waals surface area contributed by atoms with Gasteiger partial charge in [-0.2, -0.15) is 5.10 Å². The number of nitrogens with zero attached hydrogens (tertiary/aromatic N) is 3. The highest BCUT2D eigenvalue weighted by molar-refractivity contribution is 5.94. The van der Waals surface area contributed by atoms with Gasteiger partial charge in [0.2, 0.25) is 0 Å². The first kappa shape index (κ1) is 23.4. The second kappa shape index (κ2) is 8.12. The molecule has 0 aliphatic heterocycles. The lowest BCUT2D eigenvalue weighted by Crippen LogP contribution is -2.29. The molecule has 0 saturated heterocycles. The maximum absolute atomic E-state index is 14.4. The van der Waals surface area contributed by atoms with Gasteiger partial charge in [-0.3, -0.25) is 9.89 Å². The molecule has 5 rings (SSSR count). The zero-order chi connectivity index (χ0) is 25.1. The van der Waals surface area contributed by atoms with E-state index in [1.54, 1.807) is 26.3 Å². The first-order valence-electron chi connectivity index (χ1n) is 11.6. The Kier molecular flexibility index (Phi) is 5.43. The quantitative estimate of drug-likeness (QED) is 0.381. The van der Waals surface area contributed by atoms with E-state index in [-0.39, 0.29) is 5.92 Å². The number of rotatable bonds is 6. The Bertz CT molecular complexity index is 1460. The molecule has 1 aliphatic carbocycles. The third-order valence-electron chi connectivity index (χ3n) is 7.35. The van der Waals surface area contributed by atoms with E-state index >= 15 is 0 Å². The average Bonchev–Trinajstić information content (AvgIpc) is 3.50. The van der Waals surface area contributed by atoms with E-state index in [0.29, 0.717) is 42.7 Å². The molecule has 1 unspecified atom stereocenters. The van der Waals surface area contributed by atoms with Crippen LogP contribution in [-0.2, 0) is 14.9 Å². The fourth-order valence-electron chi connectivity index (χ4n) is 5.65. The van der Waals surface area contributed by atoms with Gasteiger partial charge in [-0.15, -0.1) is 0 Å². The van der Waals surface area contributed by atoms with Crippen molar-refractivity contribution >= 4 is 28.0 Å².